The number of anilines is 1. The number of aromatic nitrogens is 2. The van der Waals surface area contributed by atoms with E-state index in [1.165, 1.54) is 36.1 Å². The fourth-order valence-electron chi connectivity index (χ4n) is 3.99. The number of hydrogen-bond acceptors (Lipinski definition) is 5. The maximum absolute atomic E-state index is 12.4. The standard InChI is InChI=1S/C23H28N4OS/c1-27(14-13-21(28)26-18-11-7-2-3-8-12-18)22-19-15-20(17-9-5-4-6-10-17)29-23(19)25-16-24-22/h4-6,9-10,15-16,18H,2-3,7-8,11-14H2,1H3,(H,26,28). The lowest BCUT2D eigenvalue weighted by Gasteiger charge is -2.20. The number of nitrogens with one attached hydrogen (secondary N) is 1. The Hall–Kier alpha value is -2.47. The summed E-state index contributed by atoms with van der Waals surface area (Å²) in [5.41, 5.74) is 1.19. The zero-order valence-corrected chi connectivity index (χ0v) is 17.8. The molecule has 1 amide bonds. The average Bonchev–Trinajstić information content (AvgIpc) is 3.03. The molecule has 0 aliphatic heterocycles. The van der Waals surface area contributed by atoms with Gasteiger partial charge >= 0.3 is 0 Å². The molecule has 1 aliphatic rings. The summed E-state index contributed by atoms with van der Waals surface area (Å²) >= 11 is 1.67. The Bertz CT molecular complexity index is 948. The molecule has 1 aromatic carbocycles. The van der Waals surface area contributed by atoms with Gasteiger partial charge in [0, 0.05) is 30.9 Å². The highest BCUT2D eigenvalue weighted by Crippen LogP contribution is 2.35. The van der Waals surface area contributed by atoms with Crippen LogP contribution in [-0.4, -0.2) is 35.5 Å². The van der Waals surface area contributed by atoms with E-state index >= 15 is 0 Å². The minimum Gasteiger partial charge on any atom is -0.359 e. The van der Waals surface area contributed by atoms with E-state index in [4.69, 9.17) is 0 Å². The van der Waals surface area contributed by atoms with Crippen LogP contribution >= 0.6 is 11.3 Å². The summed E-state index contributed by atoms with van der Waals surface area (Å²) in [4.78, 5) is 25.6. The normalized spacial score (nSPS) is 15.2. The maximum atomic E-state index is 12.4. The Morgan fingerprint density at radius 3 is 2.66 bits per heavy atom. The summed E-state index contributed by atoms with van der Waals surface area (Å²) in [7, 11) is 2.00. The van der Waals surface area contributed by atoms with Crippen molar-refractivity contribution in [1.82, 2.24) is 15.3 Å². The Balaban J connectivity index is 1.42. The van der Waals surface area contributed by atoms with Crippen LogP contribution in [0.25, 0.3) is 20.7 Å². The van der Waals surface area contributed by atoms with E-state index < -0.39 is 0 Å². The van der Waals surface area contributed by atoms with Gasteiger partial charge in [0.15, 0.2) is 0 Å². The summed E-state index contributed by atoms with van der Waals surface area (Å²) in [5, 5.41) is 4.28. The zero-order chi connectivity index (χ0) is 20.1. The third-order valence-corrected chi connectivity index (χ3v) is 6.71. The van der Waals surface area contributed by atoms with Gasteiger partial charge in [0.2, 0.25) is 5.91 Å². The highest BCUT2D eigenvalue weighted by molar-refractivity contribution is 7.21. The number of rotatable bonds is 6. The van der Waals surface area contributed by atoms with Gasteiger partial charge in [-0.1, -0.05) is 56.0 Å². The van der Waals surface area contributed by atoms with Crippen LogP contribution in [0.4, 0.5) is 5.82 Å². The first-order valence-corrected chi connectivity index (χ1v) is 11.3. The van der Waals surface area contributed by atoms with Crippen LogP contribution in [0.5, 0.6) is 0 Å². The Morgan fingerprint density at radius 1 is 1.14 bits per heavy atom. The molecule has 5 nitrogen and oxygen atoms in total. The molecule has 2 aromatic heterocycles. The second-order valence-electron chi connectivity index (χ2n) is 7.82. The van der Waals surface area contributed by atoms with E-state index in [-0.39, 0.29) is 5.91 Å². The van der Waals surface area contributed by atoms with Crippen LogP contribution in [0.3, 0.4) is 0 Å². The predicted molar refractivity (Wildman–Crippen MR) is 120 cm³/mol. The number of fused-ring (bicyclic) bond motifs is 1. The Kier molecular flexibility index (Phi) is 6.39. The first kappa shape index (κ1) is 19.8. The number of amides is 1. The van der Waals surface area contributed by atoms with Crippen molar-refractivity contribution < 1.29 is 4.79 Å². The van der Waals surface area contributed by atoms with Gasteiger partial charge in [-0.15, -0.1) is 11.3 Å². The van der Waals surface area contributed by atoms with E-state index in [0.29, 0.717) is 19.0 Å². The predicted octanol–water partition coefficient (Wildman–Crippen LogP) is 5.02. The minimum absolute atomic E-state index is 0.143. The topological polar surface area (TPSA) is 58.1 Å². The van der Waals surface area contributed by atoms with E-state index in [1.807, 2.05) is 25.2 Å². The van der Waals surface area contributed by atoms with Gasteiger partial charge in [0.1, 0.15) is 17.0 Å². The SMILES string of the molecule is CN(CCC(=O)NC1CCCCCC1)c1ncnc2sc(-c3ccccc3)cc12. The molecule has 0 saturated heterocycles. The third-order valence-electron chi connectivity index (χ3n) is 5.62. The summed E-state index contributed by atoms with van der Waals surface area (Å²) in [6.07, 6.45) is 9.38. The Labute approximate surface area is 176 Å². The van der Waals surface area contributed by atoms with Crippen molar-refractivity contribution in [1.29, 1.82) is 0 Å². The summed E-state index contributed by atoms with van der Waals surface area (Å²) in [6, 6.07) is 12.9. The van der Waals surface area contributed by atoms with Crippen LogP contribution in [0.15, 0.2) is 42.7 Å². The third kappa shape index (κ3) is 4.93. The molecule has 1 aliphatic carbocycles. The van der Waals surface area contributed by atoms with Crippen LogP contribution in [0.1, 0.15) is 44.9 Å². The number of nitrogens with zero attached hydrogens (tertiary/aromatic N) is 3. The molecule has 0 spiro atoms. The van der Waals surface area contributed by atoms with Gasteiger partial charge in [-0.2, -0.15) is 0 Å². The van der Waals surface area contributed by atoms with Crippen LogP contribution in [-0.2, 0) is 4.79 Å². The molecule has 1 N–H and O–H groups in total. The summed E-state index contributed by atoms with van der Waals surface area (Å²) in [6.45, 7) is 0.640. The van der Waals surface area contributed by atoms with E-state index in [0.717, 1.165) is 28.9 Å². The molecule has 4 rings (SSSR count). The number of carbonyl (C=O) groups is 1. The van der Waals surface area contributed by atoms with Gasteiger partial charge in [-0.25, -0.2) is 9.97 Å². The van der Waals surface area contributed by atoms with Crippen molar-refractivity contribution >= 4 is 33.3 Å². The van der Waals surface area contributed by atoms with Gasteiger partial charge in [0.05, 0.1) is 5.39 Å². The molecule has 6 heteroatoms. The molecule has 0 bridgehead atoms. The molecule has 0 unspecified atom stereocenters. The second kappa shape index (κ2) is 9.35. The van der Waals surface area contributed by atoms with Crippen molar-refractivity contribution in [2.45, 2.75) is 51.0 Å². The fourth-order valence-corrected chi connectivity index (χ4v) is 4.99. The van der Waals surface area contributed by atoms with Crippen molar-refractivity contribution in [3.8, 4) is 10.4 Å². The molecular formula is C23H28N4OS. The molecule has 1 fully saturated rings. The van der Waals surface area contributed by atoms with Crippen LogP contribution in [0.2, 0.25) is 0 Å². The van der Waals surface area contributed by atoms with Gasteiger partial charge in [-0.05, 0) is 24.5 Å². The van der Waals surface area contributed by atoms with Crippen molar-refractivity contribution in [3.63, 3.8) is 0 Å². The minimum atomic E-state index is 0.143. The molecule has 29 heavy (non-hydrogen) atoms. The monoisotopic (exact) mass is 408 g/mol. The van der Waals surface area contributed by atoms with Crippen molar-refractivity contribution in [2.75, 3.05) is 18.5 Å². The molecule has 152 valence electrons. The number of benzene rings is 1. The van der Waals surface area contributed by atoms with Crippen LogP contribution in [0, 0.1) is 0 Å². The Morgan fingerprint density at radius 2 is 1.90 bits per heavy atom. The van der Waals surface area contributed by atoms with Crippen molar-refractivity contribution in [2.24, 2.45) is 0 Å². The average molecular weight is 409 g/mol. The summed E-state index contributed by atoms with van der Waals surface area (Å²) in [5.74, 6) is 1.03. The first-order chi connectivity index (χ1) is 14.2. The lowest BCUT2D eigenvalue weighted by Crippen LogP contribution is -2.36. The second-order valence-corrected chi connectivity index (χ2v) is 8.85. The molecule has 3 aromatic rings. The van der Waals surface area contributed by atoms with Gasteiger partial charge in [0.25, 0.3) is 0 Å². The zero-order valence-electron chi connectivity index (χ0n) is 16.9. The molecule has 2 heterocycles. The van der Waals surface area contributed by atoms with Gasteiger partial charge < -0.3 is 10.2 Å². The van der Waals surface area contributed by atoms with E-state index in [9.17, 15) is 4.79 Å². The van der Waals surface area contributed by atoms with E-state index in [2.05, 4.69) is 38.4 Å². The van der Waals surface area contributed by atoms with Crippen LogP contribution < -0.4 is 10.2 Å². The lowest BCUT2D eigenvalue weighted by atomic mass is 10.1. The first-order valence-electron chi connectivity index (χ1n) is 10.5. The smallest absolute Gasteiger partial charge is 0.221 e. The van der Waals surface area contributed by atoms with E-state index in [1.54, 1.807) is 17.7 Å². The van der Waals surface area contributed by atoms with Gasteiger partial charge in [-0.3, -0.25) is 4.79 Å². The lowest BCUT2D eigenvalue weighted by molar-refractivity contribution is -0.121. The number of thiophene rings is 1. The molecular weight excluding hydrogens is 380 g/mol. The quantitative estimate of drug-likeness (QED) is 0.582. The molecule has 0 atom stereocenters. The molecule has 0 radical (unpaired) electrons. The largest absolute Gasteiger partial charge is 0.359 e. The summed E-state index contributed by atoms with van der Waals surface area (Å²) < 4.78 is 0. The van der Waals surface area contributed by atoms with Crippen molar-refractivity contribution in [3.05, 3.63) is 42.7 Å². The molecule has 1 saturated carbocycles. The number of hydrogen-bond donors (Lipinski definition) is 1. The maximum Gasteiger partial charge on any atom is 0.221 e. The highest BCUT2D eigenvalue weighted by atomic mass is 32.1. The fraction of sp³-hybridized carbons (Fsp3) is 0.435. The number of carbonyl (C=O) groups excluding carboxylic acids is 1. The highest BCUT2D eigenvalue weighted by Gasteiger charge is 2.17.